The minimum Gasteiger partial charge on any atom is -0.337 e. The number of rotatable bonds is 1. The molecular formula is C11H11BrFNO3S. The topological polar surface area (TPSA) is 54.5 Å². The lowest BCUT2D eigenvalue weighted by Gasteiger charge is -2.27. The lowest BCUT2D eigenvalue weighted by Crippen LogP contribution is -2.43. The van der Waals surface area contributed by atoms with Gasteiger partial charge in [0.25, 0.3) is 5.91 Å². The predicted octanol–water partition coefficient (Wildman–Crippen LogP) is 1.46. The van der Waals surface area contributed by atoms with Crippen molar-refractivity contribution in [2.24, 2.45) is 0 Å². The van der Waals surface area contributed by atoms with E-state index in [4.69, 9.17) is 0 Å². The summed E-state index contributed by atoms with van der Waals surface area (Å²) in [7, 11) is -3.03. The van der Waals surface area contributed by atoms with Crippen LogP contribution >= 0.6 is 15.9 Å². The zero-order valence-corrected chi connectivity index (χ0v) is 11.8. The monoisotopic (exact) mass is 335 g/mol. The molecule has 98 valence electrons. The van der Waals surface area contributed by atoms with Gasteiger partial charge in [-0.2, -0.15) is 0 Å². The summed E-state index contributed by atoms with van der Waals surface area (Å²) in [5.41, 5.74) is 0.217. The smallest absolute Gasteiger partial charge is 0.255 e. The molecule has 0 atom stereocenters. The largest absolute Gasteiger partial charge is 0.337 e. The molecule has 18 heavy (non-hydrogen) atoms. The maximum absolute atomic E-state index is 13.3. The minimum absolute atomic E-state index is 0.0360. The highest BCUT2D eigenvalue weighted by Gasteiger charge is 2.27. The maximum atomic E-state index is 13.3. The van der Waals surface area contributed by atoms with Gasteiger partial charge < -0.3 is 4.90 Å². The number of hydrogen-bond donors (Lipinski definition) is 0. The van der Waals surface area contributed by atoms with Crippen molar-refractivity contribution < 1.29 is 17.6 Å². The van der Waals surface area contributed by atoms with Gasteiger partial charge in [-0.1, -0.05) is 6.07 Å². The number of benzene rings is 1. The van der Waals surface area contributed by atoms with Crippen LogP contribution in [0.1, 0.15) is 10.4 Å². The molecule has 0 radical (unpaired) electrons. The normalized spacial score (nSPS) is 18.7. The zero-order valence-electron chi connectivity index (χ0n) is 9.40. The molecule has 1 heterocycles. The van der Waals surface area contributed by atoms with Gasteiger partial charge in [-0.05, 0) is 28.1 Å². The van der Waals surface area contributed by atoms with Gasteiger partial charge in [0.2, 0.25) is 0 Å². The van der Waals surface area contributed by atoms with Crippen LogP contribution < -0.4 is 0 Å². The third-order valence-corrected chi connectivity index (χ3v) is 5.23. The molecule has 0 N–H and O–H groups in total. The number of amides is 1. The molecule has 1 saturated heterocycles. The fourth-order valence-corrected chi connectivity index (χ4v) is 3.39. The summed E-state index contributed by atoms with van der Waals surface area (Å²) in [6.07, 6.45) is 0. The molecule has 0 spiro atoms. The van der Waals surface area contributed by atoms with E-state index in [-0.39, 0.29) is 40.5 Å². The Morgan fingerprint density at radius 2 is 1.89 bits per heavy atom. The molecule has 0 bridgehead atoms. The summed E-state index contributed by atoms with van der Waals surface area (Å²) >= 11 is 3.03. The van der Waals surface area contributed by atoms with E-state index in [2.05, 4.69) is 15.9 Å². The van der Waals surface area contributed by atoms with Gasteiger partial charge in [0.05, 0.1) is 21.5 Å². The van der Waals surface area contributed by atoms with Crippen LogP contribution in [-0.2, 0) is 9.84 Å². The highest BCUT2D eigenvalue weighted by atomic mass is 79.9. The molecule has 1 fully saturated rings. The number of sulfone groups is 1. The Balaban J connectivity index is 2.20. The van der Waals surface area contributed by atoms with Crippen molar-refractivity contribution >= 4 is 31.7 Å². The molecule has 1 aromatic carbocycles. The third-order valence-electron chi connectivity index (χ3n) is 2.81. The molecule has 7 heteroatoms. The number of hydrogen-bond acceptors (Lipinski definition) is 3. The molecule has 0 aliphatic carbocycles. The lowest BCUT2D eigenvalue weighted by molar-refractivity contribution is 0.0768. The molecular weight excluding hydrogens is 325 g/mol. The molecule has 1 aromatic rings. The van der Waals surface area contributed by atoms with Crippen LogP contribution in [0.5, 0.6) is 0 Å². The van der Waals surface area contributed by atoms with Crippen molar-refractivity contribution in [3.63, 3.8) is 0 Å². The average molecular weight is 336 g/mol. The van der Waals surface area contributed by atoms with Crippen molar-refractivity contribution in [1.29, 1.82) is 0 Å². The summed E-state index contributed by atoms with van der Waals surface area (Å²) in [5.74, 6) is -0.932. The molecule has 0 aromatic heterocycles. The van der Waals surface area contributed by atoms with Gasteiger partial charge >= 0.3 is 0 Å². The first-order chi connectivity index (χ1) is 8.41. The molecule has 2 rings (SSSR count). The summed E-state index contributed by atoms with van der Waals surface area (Å²) in [4.78, 5) is 13.5. The fourth-order valence-electron chi connectivity index (χ4n) is 1.75. The summed E-state index contributed by atoms with van der Waals surface area (Å²) in [5, 5.41) is 0. The second-order valence-electron chi connectivity index (χ2n) is 4.05. The third kappa shape index (κ3) is 2.72. The van der Waals surface area contributed by atoms with E-state index < -0.39 is 15.7 Å². The van der Waals surface area contributed by atoms with Crippen LogP contribution in [0.3, 0.4) is 0 Å². The van der Waals surface area contributed by atoms with Gasteiger partial charge in [-0.25, -0.2) is 12.8 Å². The van der Waals surface area contributed by atoms with Gasteiger partial charge in [0.15, 0.2) is 9.84 Å². The number of nitrogens with zero attached hydrogens (tertiary/aromatic N) is 1. The van der Waals surface area contributed by atoms with Crippen molar-refractivity contribution in [3.05, 3.63) is 34.1 Å². The molecule has 4 nitrogen and oxygen atoms in total. The van der Waals surface area contributed by atoms with Crippen molar-refractivity contribution in [2.75, 3.05) is 24.6 Å². The molecule has 1 aliphatic rings. The van der Waals surface area contributed by atoms with Crippen LogP contribution in [-0.4, -0.2) is 43.8 Å². The Morgan fingerprint density at radius 1 is 1.28 bits per heavy atom. The van der Waals surface area contributed by atoms with E-state index in [0.717, 1.165) is 0 Å². The van der Waals surface area contributed by atoms with Crippen molar-refractivity contribution in [2.45, 2.75) is 0 Å². The minimum atomic E-state index is -3.03. The van der Waals surface area contributed by atoms with Gasteiger partial charge in [0.1, 0.15) is 5.82 Å². The first-order valence-corrected chi connectivity index (χ1v) is 7.96. The first-order valence-electron chi connectivity index (χ1n) is 5.34. The molecule has 0 saturated carbocycles. The van der Waals surface area contributed by atoms with E-state index in [1.807, 2.05) is 0 Å². The second-order valence-corrected chi connectivity index (χ2v) is 7.14. The second kappa shape index (κ2) is 4.97. The van der Waals surface area contributed by atoms with E-state index in [1.165, 1.54) is 23.1 Å². The Bertz CT molecular complexity index is 574. The van der Waals surface area contributed by atoms with Crippen LogP contribution in [0.2, 0.25) is 0 Å². The summed E-state index contributed by atoms with van der Waals surface area (Å²) in [6, 6.07) is 4.22. The van der Waals surface area contributed by atoms with E-state index >= 15 is 0 Å². The fraction of sp³-hybridized carbons (Fsp3) is 0.364. The van der Waals surface area contributed by atoms with Gasteiger partial charge in [0, 0.05) is 13.1 Å². The predicted molar refractivity (Wildman–Crippen MR) is 68.7 cm³/mol. The van der Waals surface area contributed by atoms with E-state index in [9.17, 15) is 17.6 Å². The molecule has 0 unspecified atom stereocenters. The van der Waals surface area contributed by atoms with E-state index in [0.29, 0.717) is 0 Å². The Hall–Kier alpha value is -0.950. The standard InChI is InChI=1S/C11H11BrFNO3S/c12-10-8(2-1-3-9(10)13)11(15)14-4-6-18(16,17)7-5-14/h1-3H,4-7H2. The Labute approximate surface area is 113 Å². The van der Waals surface area contributed by atoms with Crippen LogP contribution in [0, 0.1) is 5.82 Å². The highest BCUT2D eigenvalue weighted by molar-refractivity contribution is 9.10. The summed E-state index contributed by atoms with van der Waals surface area (Å²) < 4.78 is 36.0. The zero-order chi connectivity index (χ0) is 13.3. The molecule has 1 amide bonds. The van der Waals surface area contributed by atoms with Crippen LogP contribution in [0.15, 0.2) is 22.7 Å². The van der Waals surface area contributed by atoms with Crippen molar-refractivity contribution in [3.8, 4) is 0 Å². The van der Waals surface area contributed by atoms with Crippen LogP contribution in [0.25, 0.3) is 0 Å². The highest BCUT2D eigenvalue weighted by Crippen LogP contribution is 2.22. The number of carbonyl (C=O) groups excluding carboxylic acids is 1. The summed E-state index contributed by atoms with van der Waals surface area (Å²) in [6.45, 7) is 0.314. The molecule has 1 aliphatic heterocycles. The Kier molecular flexibility index (Phi) is 3.72. The SMILES string of the molecule is O=C(c1cccc(F)c1Br)N1CCS(=O)(=O)CC1. The van der Waals surface area contributed by atoms with Crippen molar-refractivity contribution in [1.82, 2.24) is 4.90 Å². The lowest BCUT2D eigenvalue weighted by atomic mass is 10.2. The average Bonchev–Trinajstić information content (AvgIpc) is 2.32. The number of carbonyl (C=O) groups is 1. The van der Waals surface area contributed by atoms with Gasteiger partial charge in [-0.3, -0.25) is 4.79 Å². The number of halogens is 2. The Morgan fingerprint density at radius 3 is 2.50 bits per heavy atom. The van der Waals surface area contributed by atoms with Crippen LogP contribution in [0.4, 0.5) is 4.39 Å². The quantitative estimate of drug-likeness (QED) is 0.780. The maximum Gasteiger partial charge on any atom is 0.255 e. The van der Waals surface area contributed by atoms with E-state index in [1.54, 1.807) is 0 Å². The van der Waals surface area contributed by atoms with Gasteiger partial charge in [-0.15, -0.1) is 0 Å². The first kappa shape index (κ1) is 13.5.